The van der Waals surface area contributed by atoms with Crippen molar-refractivity contribution in [2.24, 2.45) is 0 Å². The van der Waals surface area contributed by atoms with Gasteiger partial charge in [-0.05, 0) is 23.8 Å². The molecule has 9 heteroatoms. The van der Waals surface area contributed by atoms with E-state index in [4.69, 9.17) is 4.74 Å². The van der Waals surface area contributed by atoms with Crippen molar-refractivity contribution in [1.29, 1.82) is 0 Å². The van der Waals surface area contributed by atoms with Gasteiger partial charge >= 0.3 is 6.03 Å². The third-order valence-corrected chi connectivity index (χ3v) is 6.26. The number of urea groups is 1. The van der Waals surface area contributed by atoms with E-state index in [-0.39, 0.29) is 12.5 Å². The van der Waals surface area contributed by atoms with Gasteiger partial charge in [-0.25, -0.2) is 9.78 Å². The van der Waals surface area contributed by atoms with E-state index in [1.54, 1.807) is 41.8 Å². The molecule has 1 atom stereocenters. The van der Waals surface area contributed by atoms with E-state index >= 15 is 0 Å². The third-order valence-electron chi connectivity index (χ3n) is 5.38. The Labute approximate surface area is 169 Å². The summed E-state index contributed by atoms with van der Waals surface area (Å²) in [5.74, 6) is -0.0940. The molecule has 2 aliphatic heterocycles. The number of imide groups is 1. The highest BCUT2D eigenvalue weighted by Crippen LogP contribution is 2.36. The first-order valence-electron chi connectivity index (χ1n) is 8.94. The van der Waals surface area contributed by atoms with Crippen molar-refractivity contribution < 1.29 is 19.1 Å². The number of nitrogens with one attached hydrogen (secondary N) is 2. The standard InChI is InChI=1S/C20H16N4O4S/c1-28-12-6-5-11-8-24(17(25)13(11)7-12)9-20(18(26)22-19(27)23-20)14-3-2-4-15-16(14)29-10-21-15/h2-7,10H,8-9H2,1H3,(H2,22,23,26,27). The number of hydrogen-bond donors (Lipinski definition) is 2. The Hall–Kier alpha value is -3.46. The van der Waals surface area contributed by atoms with Crippen LogP contribution < -0.4 is 15.4 Å². The second-order valence-corrected chi connectivity index (χ2v) is 7.86. The predicted molar refractivity (Wildman–Crippen MR) is 106 cm³/mol. The molecular weight excluding hydrogens is 392 g/mol. The average Bonchev–Trinajstić information content (AvgIpc) is 3.39. The molecule has 0 spiro atoms. The lowest BCUT2D eigenvalue weighted by Crippen LogP contribution is -2.52. The fourth-order valence-electron chi connectivity index (χ4n) is 3.98. The Morgan fingerprint density at radius 1 is 1.24 bits per heavy atom. The van der Waals surface area contributed by atoms with Gasteiger partial charge in [0.25, 0.3) is 11.8 Å². The van der Waals surface area contributed by atoms with E-state index in [0.717, 1.165) is 15.8 Å². The minimum atomic E-state index is -1.38. The van der Waals surface area contributed by atoms with Crippen LogP contribution in [0.4, 0.5) is 4.79 Å². The predicted octanol–water partition coefficient (Wildman–Crippen LogP) is 2.00. The molecule has 0 saturated carbocycles. The molecule has 1 fully saturated rings. The molecule has 29 heavy (non-hydrogen) atoms. The lowest BCUT2D eigenvalue weighted by molar-refractivity contribution is -0.124. The Morgan fingerprint density at radius 2 is 2.10 bits per heavy atom. The van der Waals surface area contributed by atoms with Gasteiger partial charge < -0.3 is 15.0 Å². The van der Waals surface area contributed by atoms with Crippen LogP contribution in [0.5, 0.6) is 5.75 Å². The van der Waals surface area contributed by atoms with Crippen molar-refractivity contribution >= 4 is 39.4 Å². The number of hydrogen-bond acceptors (Lipinski definition) is 6. The minimum Gasteiger partial charge on any atom is -0.497 e. The number of fused-ring (bicyclic) bond motifs is 2. The maximum absolute atomic E-state index is 13.0. The number of carbonyl (C=O) groups excluding carboxylic acids is 3. The van der Waals surface area contributed by atoms with Gasteiger partial charge in [-0.3, -0.25) is 14.9 Å². The zero-order valence-corrected chi connectivity index (χ0v) is 16.2. The van der Waals surface area contributed by atoms with Crippen LogP contribution in [0.2, 0.25) is 0 Å². The summed E-state index contributed by atoms with van der Waals surface area (Å²) in [5.41, 5.74) is 3.07. The van der Waals surface area contributed by atoms with Crippen molar-refractivity contribution in [3.05, 3.63) is 58.6 Å². The molecule has 1 saturated heterocycles. The second kappa shape index (κ2) is 6.28. The maximum Gasteiger partial charge on any atom is 0.322 e. The fraction of sp³-hybridized carbons (Fsp3) is 0.200. The molecular formula is C20H16N4O4S. The molecule has 4 amide bonds. The van der Waals surface area contributed by atoms with Gasteiger partial charge in [-0.1, -0.05) is 18.2 Å². The lowest BCUT2D eigenvalue weighted by Gasteiger charge is -2.31. The summed E-state index contributed by atoms with van der Waals surface area (Å²) in [6.45, 7) is 0.360. The van der Waals surface area contributed by atoms with Crippen LogP contribution in [0.25, 0.3) is 10.2 Å². The molecule has 2 N–H and O–H groups in total. The number of amides is 4. The number of rotatable bonds is 4. The summed E-state index contributed by atoms with van der Waals surface area (Å²) in [6.07, 6.45) is 0. The number of ether oxygens (including phenoxy) is 1. The van der Waals surface area contributed by atoms with Crippen molar-refractivity contribution in [2.75, 3.05) is 13.7 Å². The second-order valence-electron chi connectivity index (χ2n) is 7.00. The van der Waals surface area contributed by atoms with Gasteiger partial charge in [0.1, 0.15) is 5.75 Å². The van der Waals surface area contributed by atoms with Gasteiger partial charge in [-0.2, -0.15) is 0 Å². The van der Waals surface area contributed by atoms with Gasteiger partial charge in [0.05, 0.1) is 29.4 Å². The number of benzene rings is 2. The molecule has 8 nitrogen and oxygen atoms in total. The monoisotopic (exact) mass is 408 g/mol. The first-order chi connectivity index (χ1) is 14.0. The first kappa shape index (κ1) is 17.6. The number of carbonyl (C=O) groups is 3. The number of nitrogens with zero attached hydrogens (tertiary/aromatic N) is 2. The Balaban J connectivity index is 1.58. The van der Waals surface area contributed by atoms with Crippen LogP contribution in [0, 0.1) is 0 Å². The molecule has 1 aromatic heterocycles. The highest BCUT2D eigenvalue weighted by Gasteiger charge is 2.51. The molecule has 0 radical (unpaired) electrons. The van der Waals surface area contributed by atoms with Gasteiger partial charge in [-0.15, -0.1) is 11.3 Å². The summed E-state index contributed by atoms with van der Waals surface area (Å²) in [5, 5.41) is 5.10. The fourth-order valence-corrected chi connectivity index (χ4v) is 4.86. The van der Waals surface area contributed by atoms with E-state index in [9.17, 15) is 14.4 Å². The Morgan fingerprint density at radius 3 is 2.86 bits per heavy atom. The summed E-state index contributed by atoms with van der Waals surface area (Å²) in [7, 11) is 1.54. The van der Waals surface area contributed by atoms with Crippen LogP contribution in [0.3, 0.4) is 0 Å². The summed E-state index contributed by atoms with van der Waals surface area (Å²) >= 11 is 1.39. The molecule has 3 heterocycles. The first-order valence-corrected chi connectivity index (χ1v) is 9.82. The highest BCUT2D eigenvalue weighted by molar-refractivity contribution is 7.17. The largest absolute Gasteiger partial charge is 0.497 e. The third kappa shape index (κ3) is 2.58. The van der Waals surface area contributed by atoms with E-state index in [1.165, 1.54) is 11.3 Å². The van der Waals surface area contributed by atoms with E-state index in [0.29, 0.717) is 23.4 Å². The summed E-state index contributed by atoms with van der Waals surface area (Å²) in [4.78, 5) is 44.0. The SMILES string of the molecule is COc1ccc2c(c1)C(=O)N(CC1(c3cccc4ncsc34)NC(=O)NC1=O)C2. The topological polar surface area (TPSA) is 101 Å². The van der Waals surface area contributed by atoms with Crippen molar-refractivity contribution in [3.63, 3.8) is 0 Å². The highest BCUT2D eigenvalue weighted by atomic mass is 32.1. The van der Waals surface area contributed by atoms with Gasteiger partial charge in [0, 0.05) is 17.7 Å². The normalized spacial score (nSPS) is 20.7. The van der Waals surface area contributed by atoms with Crippen molar-refractivity contribution in [3.8, 4) is 5.75 Å². The van der Waals surface area contributed by atoms with Crippen LogP contribution in [-0.4, -0.2) is 41.4 Å². The molecule has 3 aromatic rings. The minimum absolute atomic E-state index is 0.0113. The molecule has 1 unspecified atom stereocenters. The molecule has 0 aliphatic carbocycles. The number of thiazole rings is 1. The van der Waals surface area contributed by atoms with Crippen LogP contribution in [-0.2, 0) is 16.9 Å². The quantitative estimate of drug-likeness (QED) is 0.643. The van der Waals surface area contributed by atoms with Gasteiger partial charge in [0.15, 0.2) is 5.54 Å². The summed E-state index contributed by atoms with van der Waals surface area (Å²) in [6, 6.07) is 10.2. The van der Waals surface area contributed by atoms with E-state index in [1.807, 2.05) is 12.1 Å². The maximum atomic E-state index is 13.0. The molecule has 2 aromatic carbocycles. The van der Waals surface area contributed by atoms with Crippen LogP contribution >= 0.6 is 11.3 Å². The Bertz CT molecular complexity index is 1190. The molecule has 2 aliphatic rings. The van der Waals surface area contributed by atoms with Gasteiger partial charge in [0.2, 0.25) is 0 Å². The van der Waals surface area contributed by atoms with Crippen LogP contribution in [0.1, 0.15) is 21.5 Å². The summed E-state index contributed by atoms with van der Waals surface area (Å²) < 4.78 is 6.02. The smallest absolute Gasteiger partial charge is 0.322 e. The van der Waals surface area contributed by atoms with Crippen LogP contribution in [0.15, 0.2) is 41.9 Å². The zero-order valence-electron chi connectivity index (χ0n) is 15.4. The number of aromatic nitrogens is 1. The molecule has 5 rings (SSSR count). The molecule has 0 bridgehead atoms. The lowest BCUT2D eigenvalue weighted by atomic mass is 9.89. The van der Waals surface area contributed by atoms with E-state index in [2.05, 4.69) is 15.6 Å². The van der Waals surface area contributed by atoms with E-state index < -0.39 is 17.5 Å². The average molecular weight is 408 g/mol. The molecule has 146 valence electrons. The zero-order chi connectivity index (χ0) is 20.2. The van der Waals surface area contributed by atoms with Crippen molar-refractivity contribution in [2.45, 2.75) is 12.1 Å². The van der Waals surface area contributed by atoms with Crippen molar-refractivity contribution in [1.82, 2.24) is 20.5 Å². The Kier molecular flexibility index (Phi) is 3.82. The number of methoxy groups -OCH3 is 1.